The van der Waals surface area contributed by atoms with Crippen LogP contribution in [0.2, 0.25) is 0 Å². The number of hydrogen-bond acceptors (Lipinski definition) is 4. The highest BCUT2D eigenvalue weighted by molar-refractivity contribution is 5.76. The molecular formula is C18H23F2N3O4. The van der Waals surface area contributed by atoms with Gasteiger partial charge in [0.25, 0.3) is 0 Å². The van der Waals surface area contributed by atoms with Gasteiger partial charge >= 0.3 is 18.6 Å². The van der Waals surface area contributed by atoms with Crippen molar-refractivity contribution in [1.29, 1.82) is 0 Å². The fraction of sp³-hybridized carbons (Fsp3) is 0.556. The molecule has 0 aromatic heterocycles. The minimum atomic E-state index is -2.89. The summed E-state index contributed by atoms with van der Waals surface area (Å²) in [7, 11) is 0. The molecule has 0 aliphatic carbocycles. The molecule has 0 spiro atoms. The summed E-state index contributed by atoms with van der Waals surface area (Å²) in [4.78, 5) is 27.0. The average molecular weight is 383 g/mol. The number of nitrogens with one attached hydrogen (secondary N) is 1. The van der Waals surface area contributed by atoms with Crippen molar-refractivity contribution in [2.24, 2.45) is 5.92 Å². The van der Waals surface area contributed by atoms with E-state index in [1.165, 1.54) is 6.07 Å². The van der Waals surface area contributed by atoms with Crippen molar-refractivity contribution in [2.45, 2.75) is 31.9 Å². The lowest BCUT2D eigenvalue weighted by Gasteiger charge is -2.31. The van der Waals surface area contributed by atoms with Crippen LogP contribution in [0.1, 0.15) is 19.3 Å². The van der Waals surface area contributed by atoms with Crippen molar-refractivity contribution in [3.8, 4) is 5.75 Å². The first-order valence-corrected chi connectivity index (χ1v) is 9.01. The maximum Gasteiger partial charge on any atom is 0.387 e. The number of benzene rings is 1. The SMILES string of the molecule is O=C(O)C1CCN(C(=O)NC2CCN(c3ccccc3OC(F)F)C2)CC1. The number of para-hydroxylation sites is 2. The van der Waals surface area contributed by atoms with Crippen LogP contribution < -0.4 is 15.0 Å². The quantitative estimate of drug-likeness (QED) is 0.816. The number of carboxylic acid groups (broad SMARTS) is 1. The Balaban J connectivity index is 1.53. The molecule has 0 saturated carbocycles. The Bertz CT molecular complexity index is 680. The fourth-order valence-electron chi connectivity index (χ4n) is 3.61. The number of nitrogens with zero attached hydrogens (tertiary/aromatic N) is 2. The summed E-state index contributed by atoms with van der Waals surface area (Å²) in [5, 5.41) is 12.0. The standard InChI is InChI=1S/C18H23F2N3O4/c19-17(20)27-15-4-2-1-3-14(15)23-10-7-13(11-23)21-18(26)22-8-5-12(6-9-22)16(24)25/h1-4,12-13,17H,5-11H2,(H,21,26)(H,24,25). The second kappa shape index (κ2) is 8.41. The third-order valence-corrected chi connectivity index (χ3v) is 5.07. The van der Waals surface area contributed by atoms with Crippen LogP contribution in [0.25, 0.3) is 0 Å². The van der Waals surface area contributed by atoms with E-state index in [0.717, 1.165) is 0 Å². The van der Waals surface area contributed by atoms with Crippen LogP contribution >= 0.6 is 0 Å². The van der Waals surface area contributed by atoms with Crippen molar-refractivity contribution in [2.75, 3.05) is 31.1 Å². The molecule has 1 unspecified atom stereocenters. The van der Waals surface area contributed by atoms with Gasteiger partial charge in [0.1, 0.15) is 5.75 Å². The molecule has 7 nitrogen and oxygen atoms in total. The van der Waals surface area contributed by atoms with Gasteiger partial charge in [0.2, 0.25) is 0 Å². The van der Waals surface area contributed by atoms with Crippen LogP contribution in [-0.2, 0) is 4.79 Å². The van der Waals surface area contributed by atoms with E-state index in [4.69, 9.17) is 5.11 Å². The second-order valence-electron chi connectivity index (χ2n) is 6.83. The summed E-state index contributed by atoms with van der Waals surface area (Å²) in [5.41, 5.74) is 0.580. The number of alkyl halides is 2. The molecule has 1 aromatic rings. The van der Waals surface area contributed by atoms with Crippen molar-refractivity contribution in [1.82, 2.24) is 10.2 Å². The summed E-state index contributed by atoms with van der Waals surface area (Å²) >= 11 is 0. The van der Waals surface area contributed by atoms with E-state index in [1.54, 1.807) is 23.1 Å². The number of carbonyl (C=O) groups excluding carboxylic acids is 1. The van der Waals surface area contributed by atoms with E-state index in [-0.39, 0.29) is 23.7 Å². The van der Waals surface area contributed by atoms with E-state index in [2.05, 4.69) is 10.1 Å². The van der Waals surface area contributed by atoms with Gasteiger partial charge in [-0.25, -0.2) is 4.79 Å². The Morgan fingerprint density at radius 1 is 1.15 bits per heavy atom. The fourth-order valence-corrected chi connectivity index (χ4v) is 3.61. The first-order valence-electron chi connectivity index (χ1n) is 9.01. The number of amides is 2. The van der Waals surface area contributed by atoms with Gasteiger partial charge < -0.3 is 25.0 Å². The highest BCUT2D eigenvalue weighted by Gasteiger charge is 2.30. The van der Waals surface area contributed by atoms with Gasteiger partial charge in [0.15, 0.2) is 0 Å². The Hall–Kier alpha value is -2.58. The first kappa shape index (κ1) is 19.2. The maximum atomic E-state index is 12.6. The third kappa shape index (κ3) is 4.78. The van der Waals surface area contributed by atoms with Crippen molar-refractivity contribution >= 4 is 17.7 Å². The maximum absolute atomic E-state index is 12.6. The molecule has 0 radical (unpaired) electrons. The number of ether oxygens (including phenoxy) is 1. The number of anilines is 1. The Labute approximate surface area is 155 Å². The molecular weight excluding hydrogens is 360 g/mol. The van der Waals surface area contributed by atoms with E-state index in [1.807, 2.05) is 4.90 Å². The molecule has 2 aliphatic heterocycles. The minimum Gasteiger partial charge on any atom is -0.481 e. The largest absolute Gasteiger partial charge is 0.481 e. The van der Waals surface area contributed by atoms with E-state index in [0.29, 0.717) is 51.1 Å². The average Bonchev–Trinajstić information content (AvgIpc) is 3.10. The summed E-state index contributed by atoms with van der Waals surface area (Å²) in [6, 6.07) is 6.30. The molecule has 2 amide bonds. The van der Waals surface area contributed by atoms with Crippen molar-refractivity contribution in [3.63, 3.8) is 0 Å². The predicted octanol–water partition coefficient (Wildman–Crippen LogP) is 2.37. The summed E-state index contributed by atoms with van der Waals surface area (Å²) in [6.45, 7) is -0.927. The number of carboxylic acids is 1. The van der Waals surface area contributed by atoms with Crippen LogP contribution in [0.15, 0.2) is 24.3 Å². The van der Waals surface area contributed by atoms with Crippen LogP contribution in [0.5, 0.6) is 5.75 Å². The van der Waals surface area contributed by atoms with Gasteiger partial charge in [-0.1, -0.05) is 12.1 Å². The monoisotopic (exact) mass is 383 g/mol. The van der Waals surface area contributed by atoms with E-state index >= 15 is 0 Å². The number of rotatable bonds is 5. The zero-order chi connectivity index (χ0) is 19.4. The van der Waals surface area contributed by atoms with Crippen LogP contribution in [0.4, 0.5) is 19.3 Å². The first-order chi connectivity index (χ1) is 12.9. The molecule has 2 aliphatic rings. The molecule has 2 fully saturated rings. The number of halogens is 2. The second-order valence-corrected chi connectivity index (χ2v) is 6.83. The highest BCUT2D eigenvalue weighted by atomic mass is 19.3. The lowest BCUT2D eigenvalue weighted by atomic mass is 9.97. The predicted molar refractivity (Wildman–Crippen MR) is 94.2 cm³/mol. The molecule has 1 atom stereocenters. The number of likely N-dealkylation sites (tertiary alicyclic amines) is 1. The molecule has 0 bridgehead atoms. The Kier molecular flexibility index (Phi) is 5.98. The van der Waals surface area contributed by atoms with Crippen LogP contribution in [0.3, 0.4) is 0 Å². The summed E-state index contributed by atoms with van der Waals surface area (Å²) < 4.78 is 29.7. The van der Waals surface area contributed by atoms with Gasteiger partial charge in [-0.3, -0.25) is 4.79 Å². The lowest BCUT2D eigenvalue weighted by Crippen LogP contribution is -2.49. The Morgan fingerprint density at radius 2 is 1.85 bits per heavy atom. The Morgan fingerprint density at radius 3 is 2.52 bits per heavy atom. The van der Waals surface area contributed by atoms with Gasteiger partial charge in [0.05, 0.1) is 11.6 Å². The molecule has 27 heavy (non-hydrogen) atoms. The number of hydrogen-bond donors (Lipinski definition) is 2. The van der Waals surface area contributed by atoms with Gasteiger partial charge in [0, 0.05) is 32.2 Å². The smallest absolute Gasteiger partial charge is 0.387 e. The zero-order valence-electron chi connectivity index (χ0n) is 14.8. The van der Waals surface area contributed by atoms with E-state index < -0.39 is 12.6 Å². The number of aliphatic carboxylic acids is 1. The lowest BCUT2D eigenvalue weighted by molar-refractivity contribution is -0.143. The normalized spacial score (nSPS) is 20.8. The highest BCUT2D eigenvalue weighted by Crippen LogP contribution is 2.31. The molecule has 3 rings (SSSR count). The molecule has 2 N–H and O–H groups in total. The summed E-state index contributed by atoms with van der Waals surface area (Å²) in [5.74, 6) is -1.08. The topological polar surface area (TPSA) is 82.1 Å². The zero-order valence-corrected chi connectivity index (χ0v) is 14.8. The summed E-state index contributed by atoms with van der Waals surface area (Å²) in [6.07, 6.45) is 1.61. The van der Waals surface area contributed by atoms with E-state index in [9.17, 15) is 18.4 Å². The molecule has 1 aromatic carbocycles. The van der Waals surface area contributed by atoms with Crippen LogP contribution in [-0.4, -0.2) is 60.8 Å². The van der Waals surface area contributed by atoms with Crippen molar-refractivity contribution < 1.29 is 28.2 Å². The van der Waals surface area contributed by atoms with Crippen molar-refractivity contribution in [3.05, 3.63) is 24.3 Å². The number of carbonyl (C=O) groups is 2. The molecule has 9 heteroatoms. The molecule has 2 saturated heterocycles. The third-order valence-electron chi connectivity index (χ3n) is 5.07. The number of piperidine rings is 1. The van der Waals surface area contributed by atoms with Crippen LogP contribution in [0, 0.1) is 5.92 Å². The minimum absolute atomic E-state index is 0.102. The van der Waals surface area contributed by atoms with Gasteiger partial charge in [-0.2, -0.15) is 8.78 Å². The number of urea groups is 1. The molecule has 2 heterocycles. The van der Waals surface area contributed by atoms with Gasteiger partial charge in [-0.05, 0) is 31.4 Å². The molecule has 148 valence electrons. The van der Waals surface area contributed by atoms with Gasteiger partial charge in [-0.15, -0.1) is 0 Å².